The lowest BCUT2D eigenvalue weighted by Crippen LogP contribution is -2.50. The molecule has 112 valence electrons. The number of nitrogens with zero attached hydrogens (tertiary/aromatic N) is 1. The van der Waals surface area contributed by atoms with Gasteiger partial charge >= 0.3 is 5.97 Å². The van der Waals surface area contributed by atoms with Crippen LogP contribution in [0.15, 0.2) is 0 Å². The zero-order valence-corrected chi connectivity index (χ0v) is 13.1. The van der Waals surface area contributed by atoms with E-state index in [0.717, 1.165) is 12.8 Å². The zero-order chi connectivity index (χ0) is 14.7. The van der Waals surface area contributed by atoms with Crippen molar-refractivity contribution in [2.45, 2.75) is 53.0 Å². The van der Waals surface area contributed by atoms with Crippen molar-refractivity contribution in [1.82, 2.24) is 4.31 Å². The van der Waals surface area contributed by atoms with E-state index in [4.69, 9.17) is 4.74 Å². The van der Waals surface area contributed by atoms with E-state index in [2.05, 4.69) is 0 Å². The van der Waals surface area contributed by atoms with E-state index in [9.17, 15) is 13.2 Å². The van der Waals surface area contributed by atoms with Gasteiger partial charge in [0.1, 0.15) is 6.04 Å². The molecule has 0 aliphatic carbocycles. The van der Waals surface area contributed by atoms with Crippen molar-refractivity contribution in [3.8, 4) is 0 Å². The number of ether oxygens (including phenoxy) is 1. The van der Waals surface area contributed by atoms with Gasteiger partial charge in [0.25, 0.3) is 0 Å². The summed E-state index contributed by atoms with van der Waals surface area (Å²) in [5, 5.41) is 0. The number of piperidine rings is 1. The second kappa shape index (κ2) is 6.22. The van der Waals surface area contributed by atoms with Gasteiger partial charge in [-0.1, -0.05) is 20.8 Å². The average Bonchev–Trinajstić information content (AvgIpc) is 2.26. The number of rotatable bonds is 4. The van der Waals surface area contributed by atoms with Gasteiger partial charge in [-0.05, 0) is 31.6 Å². The van der Waals surface area contributed by atoms with E-state index >= 15 is 0 Å². The van der Waals surface area contributed by atoms with Crippen LogP contribution in [0.2, 0.25) is 0 Å². The van der Waals surface area contributed by atoms with Crippen LogP contribution >= 0.6 is 0 Å². The molecule has 1 heterocycles. The minimum Gasteiger partial charge on any atom is -0.465 e. The highest BCUT2D eigenvalue weighted by Gasteiger charge is 2.39. The second-order valence-electron chi connectivity index (χ2n) is 6.19. The molecule has 0 aromatic rings. The third-order valence-corrected chi connectivity index (χ3v) is 5.37. The lowest BCUT2D eigenvalue weighted by Gasteiger charge is -2.34. The molecule has 1 fully saturated rings. The third kappa shape index (κ3) is 4.76. The molecule has 0 N–H and O–H groups in total. The van der Waals surface area contributed by atoms with Gasteiger partial charge in [0.15, 0.2) is 0 Å². The van der Waals surface area contributed by atoms with Crippen molar-refractivity contribution in [2.24, 2.45) is 5.41 Å². The third-order valence-electron chi connectivity index (χ3n) is 2.99. The van der Waals surface area contributed by atoms with Gasteiger partial charge < -0.3 is 4.74 Å². The Bertz CT molecular complexity index is 411. The highest BCUT2D eigenvalue weighted by atomic mass is 32.2. The first-order valence-corrected chi connectivity index (χ1v) is 8.44. The number of hydrogen-bond donors (Lipinski definition) is 0. The monoisotopic (exact) mass is 291 g/mol. The summed E-state index contributed by atoms with van der Waals surface area (Å²) in [5.41, 5.74) is -0.324. The van der Waals surface area contributed by atoms with Crippen molar-refractivity contribution in [2.75, 3.05) is 18.9 Å². The normalized spacial score (nSPS) is 22.2. The van der Waals surface area contributed by atoms with E-state index in [0.29, 0.717) is 13.0 Å². The number of sulfonamides is 1. The molecule has 0 aromatic heterocycles. The van der Waals surface area contributed by atoms with Crippen molar-refractivity contribution >= 4 is 16.0 Å². The summed E-state index contributed by atoms with van der Waals surface area (Å²) < 4.78 is 31.2. The van der Waals surface area contributed by atoms with Crippen molar-refractivity contribution < 1.29 is 17.9 Å². The number of hydrogen-bond acceptors (Lipinski definition) is 4. The standard InChI is InChI=1S/C13H25NO4S/c1-5-18-12(15)11-8-6-7-9-14(11)19(16,17)10-13(2,3)4/h11H,5-10H2,1-4H3. The van der Waals surface area contributed by atoms with Crippen molar-refractivity contribution in [3.63, 3.8) is 0 Å². The molecular weight excluding hydrogens is 266 g/mol. The Morgan fingerprint density at radius 1 is 1.32 bits per heavy atom. The first-order valence-electron chi connectivity index (χ1n) is 6.83. The van der Waals surface area contributed by atoms with Crippen LogP contribution in [-0.2, 0) is 19.6 Å². The van der Waals surface area contributed by atoms with Crippen LogP contribution in [0.5, 0.6) is 0 Å². The van der Waals surface area contributed by atoms with Crippen molar-refractivity contribution in [3.05, 3.63) is 0 Å². The van der Waals surface area contributed by atoms with Crippen LogP contribution < -0.4 is 0 Å². The molecule has 0 radical (unpaired) electrons. The molecule has 1 aliphatic heterocycles. The van der Waals surface area contributed by atoms with Crippen LogP contribution in [0.4, 0.5) is 0 Å². The van der Waals surface area contributed by atoms with Gasteiger partial charge in [0, 0.05) is 6.54 Å². The Morgan fingerprint density at radius 3 is 2.47 bits per heavy atom. The second-order valence-corrected chi connectivity index (χ2v) is 8.11. The van der Waals surface area contributed by atoms with E-state index in [1.807, 2.05) is 20.8 Å². The quantitative estimate of drug-likeness (QED) is 0.741. The Balaban J connectivity index is 2.90. The van der Waals surface area contributed by atoms with E-state index < -0.39 is 22.0 Å². The van der Waals surface area contributed by atoms with Gasteiger partial charge in [-0.3, -0.25) is 4.79 Å². The summed E-state index contributed by atoms with van der Waals surface area (Å²) in [7, 11) is -3.42. The number of carbonyl (C=O) groups is 1. The maximum absolute atomic E-state index is 12.4. The molecule has 1 rings (SSSR count). The molecule has 19 heavy (non-hydrogen) atoms. The molecule has 0 saturated carbocycles. The largest absolute Gasteiger partial charge is 0.465 e. The van der Waals surface area contributed by atoms with E-state index in [1.165, 1.54) is 4.31 Å². The maximum Gasteiger partial charge on any atom is 0.324 e. The van der Waals surface area contributed by atoms with Gasteiger partial charge in [-0.2, -0.15) is 4.31 Å². The van der Waals surface area contributed by atoms with Gasteiger partial charge in [-0.25, -0.2) is 8.42 Å². The van der Waals surface area contributed by atoms with E-state index in [1.54, 1.807) is 6.92 Å². The first-order chi connectivity index (χ1) is 8.67. The fraction of sp³-hybridized carbons (Fsp3) is 0.923. The summed E-state index contributed by atoms with van der Waals surface area (Å²) in [4.78, 5) is 11.9. The van der Waals surface area contributed by atoms with E-state index in [-0.39, 0.29) is 17.8 Å². The van der Waals surface area contributed by atoms with Gasteiger partial charge in [-0.15, -0.1) is 0 Å². The Morgan fingerprint density at radius 2 is 1.95 bits per heavy atom. The highest BCUT2D eigenvalue weighted by Crippen LogP contribution is 2.26. The van der Waals surface area contributed by atoms with Crippen LogP contribution in [0.3, 0.4) is 0 Å². The van der Waals surface area contributed by atoms with Crippen LogP contribution in [-0.4, -0.2) is 43.6 Å². The molecule has 6 heteroatoms. The molecule has 0 aromatic carbocycles. The number of esters is 1. The van der Waals surface area contributed by atoms with Crippen LogP contribution in [0.1, 0.15) is 47.0 Å². The molecular formula is C13H25NO4S. The fourth-order valence-corrected chi connectivity index (χ4v) is 4.59. The smallest absolute Gasteiger partial charge is 0.324 e. The Hall–Kier alpha value is -0.620. The predicted molar refractivity (Wildman–Crippen MR) is 74.2 cm³/mol. The molecule has 1 saturated heterocycles. The van der Waals surface area contributed by atoms with Crippen LogP contribution in [0, 0.1) is 5.41 Å². The first kappa shape index (κ1) is 16.4. The average molecular weight is 291 g/mol. The molecule has 0 spiro atoms. The molecule has 0 bridgehead atoms. The maximum atomic E-state index is 12.4. The molecule has 5 nitrogen and oxygen atoms in total. The Kier molecular flexibility index (Phi) is 5.38. The summed E-state index contributed by atoms with van der Waals surface area (Å²) in [6, 6.07) is -0.638. The lowest BCUT2D eigenvalue weighted by molar-refractivity contribution is -0.148. The molecule has 1 aliphatic rings. The van der Waals surface area contributed by atoms with Crippen LogP contribution in [0.25, 0.3) is 0 Å². The molecule has 0 amide bonds. The Labute approximate surface area is 116 Å². The summed E-state index contributed by atoms with van der Waals surface area (Å²) >= 11 is 0. The minimum atomic E-state index is -3.42. The summed E-state index contributed by atoms with van der Waals surface area (Å²) in [6.07, 6.45) is 2.23. The fourth-order valence-electron chi connectivity index (χ4n) is 2.34. The molecule has 1 unspecified atom stereocenters. The van der Waals surface area contributed by atoms with Gasteiger partial charge in [0.05, 0.1) is 12.4 Å². The van der Waals surface area contributed by atoms with Gasteiger partial charge in [0.2, 0.25) is 10.0 Å². The topological polar surface area (TPSA) is 63.7 Å². The SMILES string of the molecule is CCOC(=O)C1CCCCN1S(=O)(=O)CC(C)(C)C. The molecule has 1 atom stereocenters. The predicted octanol–water partition coefficient (Wildman–Crippen LogP) is 1.78. The van der Waals surface area contributed by atoms with Crippen molar-refractivity contribution in [1.29, 1.82) is 0 Å². The highest BCUT2D eigenvalue weighted by molar-refractivity contribution is 7.89. The summed E-state index contributed by atoms with van der Waals surface area (Å²) in [5.74, 6) is -0.365. The zero-order valence-electron chi connectivity index (χ0n) is 12.3. The minimum absolute atomic E-state index is 0.0515. The number of carbonyl (C=O) groups excluding carboxylic acids is 1. The lowest BCUT2D eigenvalue weighted by atomic mass is 10.0. The summed E-state index contributed by atoms with van der Waals surface area (Å²) in [6.45, 7) is 8.08.